The van der Waals surface area contributed by atoms with Crippen LogP contribution in [0.15, 0.2) is 73.1 Å². The first-order valence-electron chi connectivity index (χ1n) is 12.3. The zero-order chi connectivity index (χ0) is 27.8. The molecule has 10 nitrogen and oxygen atoms in total. The van der Waals surface area contributed by atoms with Gasteiger partial charge in [0.1, 0.15) is 35.2 Å². The molecule has 10 heteroatoms. The number of hydrogen-bond donors (Lipinski definition) is 3. The molecule has 0 unspecified atom stereocenters. The van der Waals surface area contributed by atoms with Crippen LogP contribution in [-0.4, -0.2) is 41.9 Å². The number of ether oxygens (including phenoxy) is 3. The molecular weight excluding hydrogens is 498 g/mol. The van der Waals surface area contributed by atoms with E-state index in [1.807, 2.05) is 35.2 Å². The number of phenolic OH excluding ortho intramolecular Hbond substituents is 1. The Morgan fingerprint density at radius 1 is 1.00 bits per heavy atom. The van der Waals surface area contributed by atoms with E-state index in [9.17, 15) is 9.90 Å². The number of nitrogens with two attached hydrogens (primary N) is 1. The summed E-state index contributed by atoms with van der Waals surface area (Å²) < 4.78 is 16.2. The molecule has 0 amide bonds. The lowest BCUT2D eigenvalue weighted by molar-refractivity contribution is 0.0526. The summed E-state index contributed by atoms with van der Waals surface area (Å²) in [4.78, 5) is 23.1. The molecular formula is C29H31N5O5. The number of rotatable bonds is 11. The number of carbonyl (C=O) groups excluding carboxylic acids is 1. The third kappa shape index (κ3) is 6.55. The minimum absolute atomic E-state index is 0.0303. The standard InChI is InChI=1S/C29H31N5O5/c1-4-39-29(36)20-8-6-9-21(12-20)33-27-15-28(32-18-31-27)34(22-10-5-7-19(11-22)16-30)17-24-25(37-2)13-23(35)14-26(24)38-3/h5-15,18,35H,4,16-17,30H2,1-3H3,(H,31,32,33). The normalized spacial score (nSPS) is 10.6. The first kappa shape index (κ1) is 27.2. The number of esters is 1. The van der Waals surface area contributed by atoms with Gasteiger partial charge in [-0.3, -0.25) is 0 Å². The molecule has 0 saturated carbocycles. The molecule has 0 fully saturated rings. The molecule has 1 aromatic heterocycles. The fourth-order valence-electron chi connectivity index (χ4n) is 4.09. The van der Waals surface area contributed by atoms with Crippen molar-refractivity contribution in [2.24, 2.45) is 5.73 Å². The van der Waals surface area contributed by atoms with Gasteiger partial charge in [-0.1, -0.05) is 18.2 Å². The molecule has 0 aliphatic heterocycles. The predicted octanol–water partition coefficient (Wildman–Crippen LogP) is 4.92. The van der Waals surface area contributed by atoms with Crippen molar-refractivity contribution in [1.29, 1.82) is 0 Å². The van der Waals surface area contributed by atoms with Crippen LogP contribution in [0.4, 0.5) is 23.0 Å². The summed E-state index contributed by atoms with van der Waals surface area (Å²) in [6, 6.07) is 19.7. The maximum Gasteiger partial charge on any atom is 0.338 e. The third-order valence-electron chi connectivity index (χ3n) is 5.94. The van der Waals surface area contributed by atoms with Gasteiger partial charge in [0.2, 0.25) is 0 Å². The monoisotopic (exact) mass is 529 g/mol. The van der Waals surface area contributed by atoms with Crippen LogP contribution in [-0.2, 0) is 17.8 Å². The number of carbonyl (C=O) groups is 1. The highest BCUT2D eigenvalue weighted by Gasteiger charge is 2.20. The maximum absolute atomic E-state index is 12.2. The fraction of sp³-hybridized carbons (Fsp3) is 0.207. The number of benzene rings is 3. The van der Waals surface area contributed by atoms with Crippen molar-refractivity contribution in [3.05, 3.63) is 89.7 Å². The Morgan fingerprint density at radius 3 is 2.44 bits per heavy atom. The van der Waals surface area contributed by atoms with E-state index in [2.05, 4.69) is 15.3 Å². The van der Waals surface area contributed by atoms with Gasteiger partial charge in [-0.2, -0.15) is 0 Å². The van der Waals surface area contributed by atoms with Crippen LogP contribution in [0.2, 0.25) is 0 Å². The molecule has 202 valence electrons. The Kier molecular flexibility index (Phi) is 8.80. The largest absolute Gasteiger partial charge is 0.508 e. The maximum atomic E-state index is 12.2. The number of nitrogens with zero attached hydrogens (tertiary/aromatic N) is 3. The summed E-state index contributed by atoms with van der Waals surface area (Å²) in [6.07, 6.45) is 1.46. The number of hydrogen-bond acceptors (Lipinski definition) is 10. The van der Waals surface area contributed by atoms with Crippen LogP contribution >= 0.6 is 0 Å². The summed E-state index contributed by atoms with van der Waals surface area (Å²) in [7, 11) is 3.07. The molecule has 4 rings (SSSR count). The van der Waals surface area contributed by atoms with Crippen LogP contribution in [0, 0.1) is 0 Å². The lowest BCUT2D eigenvalue weighted by atomic mass is 10.1. The molecule has 0 aliphatic carbocycles. The van der Waals surface area contributed by atoms with Crippen LogP contribution < -0.4 is 25.4 Å². The molecule has 0 bridgehead atoms. The minimum atomic E-state index is -0.396. The third-order valence-corrected chi connectivity index (χ3v) is 5.94. The average molecular weight is 530 g/mol. The molecule has 39 heavy (non-hydrogen) atoms. The summed E-state index contributed by atoms with van der Waals surface area (Å²) in [5.41, 5.74) is 9.53. The Balaban J connectivity index is 1.73. The quantitative estimate of drug-likeness (QED) is 0.230. The molecule has 3 aromatic carbocycles. The lowest BCUT2D eigenvalue weighted by Crippen LogP contribution is -2.19. The van der Waals surface area contributed by atoms with E-state index >= 15 is 0 Å². The molecule has 1 heterocycles. The molecule has 4 N–H and O–H groups in total. The minimum Gasteiger partial charge on any atom is -0.508 e. The molecule has 4 aromatic rings. The second-order valence-electron chi connectivity index (χ2n) is 8.48. The number of methoxy groups -OCH3 is 2. The van der Waals surface area contributed by atoms with Crippen molar-refractivity contribution in [3.63, 3.8) is 0 Å². The Hall–Kier alpha value is -4.83. The highest BCUT2D eigenvalue weighted by atomic mass is 16.5. The second-order valence-corrected chi connectivity index (χ2v) is 8.48. The van der Waals surface area contributed by atoms with Crippen LogP contribution in [0.1, 0.15) is 28.4 Å². The molecule has 0 radical (unpaired) electrons. The van der Waals surface area contributed by atoms with Crippen LogP contribution in [0.5, 0.6) is 17.2 Å². The summed E-state index contributed by atoms with van der Waals surface area (Å²) in [5.74, 6) is 1.67. The van der Waals surface area contributed by atoms with Crippen molar-refractivity contribution in [2.45, 2.75) is 20.0 Å². The number of phenols is 1. The number of nitrogens with one attached hydrogen (secondary N) is 1. The second kappa shape index (κ2) is 12.6. The van der Waals surface area contributed by atoms with E-state index in [-0.39, 0.29) is 5.75 Å². The molecule has 0 atom stereocenters. The summed E-state index contributed by atoms with van der Waals surface area (Å²) in [5, 5.41) is 13.4. The Morgan fingerprint density at radius 2 is 1.74 bits per heavy atom. The first-order chi connectivity index (χ1) is 18.9. The van der Waals surface area contributed by atoms with Gasteiger partial charge in [-0.25, -0.2) is 14.8 Å². The Labute approximate surface area is 227 Å². The van der Waals surface area contributed by atoms with Gasteiger partial charge in [-0.05, 0) is 42.8 Å². The van der Waals surface area contributed by atoms with Crippen molar-refractivity contribution < 1.29 is 24.1 Å². The van der Waals surface area contributed by atoms with Gasteiger partial charge in [0.25, 0.3) is 0 Å². The van der Waals surface area contributed by atoms with E-state index in [4.69, 9.17) is 19.9 Å². The highest BCUT2D eigenvalue weighted by Crippen LogP contribution is 2.37. The van der Waals surface area contributed by atoms with Crippen molar-refractivity contribution in [1.82, 2.24) is 9.97 Å². The summed E-state index contributed by atoms with van der Waals surface area (Å²) >= 11 is 0. The van der Waals surface area contributed by atoms with Gasteiger partial charge < -0.3 is 35.3 Å². The van der Waals surface area contributed by atoms with Crippen LogP contribution in [0.25, 0.3) is 0 Å². The number of aromatic hydroxyl groups is 1. The van der Waals surface area contributed by atoms with Crippen molar-refractivity contribution in [2.75, 3.05) is 31.0 Å². The SMILES string of the molecule is CCOC(=O)c1cccc(Nc2cc(N(Cc3c(OC)cc(O)cc3OC)c3cccc(CN)c3)ncn2)c1. The van der Waals surface area contributed by atoms with E-state index in [1.54, 1.807) is 31.2 Å². The topological polar surface area (TPSA) is 132 Å². The van der Waals surface area contributed by atoms with Crippen LogP contribution in [0.3, 0.4) is 0 Å². The zero-order valence-electron chi connectivity index (χ0n) is 22.0. The first-order valence-corrected chi connectivity index (χ1v) is 12.3. The van der Waals surface area contributed by atoms with Crippen molar-refractivity contribution >= 4 is 29.0 Å². The highest BCUT2D eigenvalue weighted by molar-refractivity contribution is 5.90. The van der Waals surface area contributed by atoms with E-state index in [1.165, 1.54) is 32.7 Å². The summed E-state index contributed by atoms with van der Waals surface area (Å²) in [6.45, 7) is 2.74. The van der Waals surface area contributed by atoms with E-state index in [0.29, 0.717) is 59.6 Å². The zero-order valence-corrected chi connectivity index (χ0v) is 22.0. The van der Waals surface area contributed by atoms with Gasteiger partial charge in [-0.15, -0.1) is 0 Å². The molecule has 0 spiro atoms. The average Bonchev–Trinajstić information content (AvgIpc) is 2.96. The van der Waals surface area contributed by atoms with Gasteiger partial charge >= 0.3 is 5.97 Å². The molecule has 0 saturated heterocycles. The Bertz CT molecular complexity index is 1420. The van der Waals surface area contributed by atoms with Gasteiger partial charge in [0.05, 0.1) is 38.5 Å². The van der Waals surface area contributed by atoms with E-state index < -0.39 is 5.97 Å². The fourth-order valence-corrected chi connectivity index (χ4v) is 4.09. The smallest absolute Gasteiger partial charge is 0.338 e. The van der Waals surface area contributed by atoms with Crippen molar-refractivity contribution in [3.8, 4) is 17.2 Å². The molecule has 0 aliphatic rings. The van der Waals surface area contributed by atoms with E-state index in [0.717, 1.165) is 11.3 Å². The van der Waals surface area contributed by atoms with Gasteiger partial charge in [0.15, 0.2) is 0 Å². The number of aromatic nitrogens is 2. The van der Waals surface area contributed by atoms with Gasteiger partial charge in [0, 0.05) is 36.1 Å². The number of anilines is 4. The predicted molar refractivity (Wildman–Crippen MR) is 149 cm³/mol. The lowest BCUT2D eigenvalue weighted by Gasteiger charge is -2.26.